The van der Waals surface area contributed by atoms with Gasteiger partial charge in [-0.05, 0) is 18.8 Å². The zero-order valence-corrected chi connectivity index (χ0v) is 15.7. The SMILES string of the molecule is CCN(Cc1noc(CC(C)C)n1)C(=O)CN1C(=O)OC[C@@H]1C(C)C. The minimum Gasteiger partial charge on any atom is -0.447 e. The predicted octanol–water partition coefficient (Wildman–Crippen LogP) is 2.09. The van der Waals surface area contributed by atoms with Crippen molar-refractivity contribution in [3.05, 3.63) is 11.7 Å². The van der Waals surface area contributed by atoms with Crippen LogP contribution < -0.4 is 0 Å². The van der Waals surface area contributed by atoms with Crippen LogP contribution in [0.3, 0.4) is 0 Å². The Morgan fingerprint density at radius 3 is 2.68 bits per heavy atom. The second-order valence-electron chi connectivity index (χ2n) is 7.13. The summed E-state index contributed by atoms with van der Waals surface area (Å²) < 4.78 is 10.3. The molecule has 25 heavy (non-hydrogen) atoms. The summed E-state index contributed by atoms with van der Waals surface area (Å²) in [5.74, 6) is 1.56. The molecule has 2 amide bonds. The fourth-order valence-electron chi connectivity index (χ4n) is 2.78. The van der Waals surface area contributed by atoms with Crippen LogP contribution >= 0.6 is 0 Å². The van der Waals surface area contributed by atoms with Crippen molar-refractivity contribution in [1.29, 1.82) is 0 Å². The summed E-state index contributed by atoms with van der Waals surface area (Å²) in [6.45, 7) is 11.2. The summed E-state index contributed by atoms with van der Waals surface area (Å²) in [4.78, 5) is 32.0. The van der Waals surface area contributed by atoms with Crippen LogP contribution in [0.2, 0.25) is 0 Å². The average Bonchev–Trinajstić information content (AvgIpc) is 3.11. The number of likely N-dealkylation sites (N-methyl/N-ethyl adjacent to an activating group) is 1. The Labute approximate surface area is 148 Å². The number of hydrogen-bond acceptors (Lipinski definition) is 6. The molecule has 0 aliphatic carbocycles. The van der Waals surface area contributed by atoms with Crippen molar-refractivity contribution < 1.29 is 18.8 Å². The van der Waals surface area contributed by atoms with Crippen molar-refractivity contribution in [2.45, 2.75) is 53.6 Å². The van der Waals surface area contributed by atoms with Crippen molar-refractivity contribution in [2.24, 2.45) is 11.8 Å². The van der Waals surface area contributed by atoms with Gasteiger partial charge in [-0.15, -0.1) is 0 Å². The monoisotopic (exact) mass is 352 g/mol. The van der Waals surface area contributed by atoms with E-state index in [0.29, 0.717) is 37.2 Å². The number of hydrogen-bond donors (Lipinski definition) is 0. The highest BCUT2D eigenvalue weighted by Crippen LogP contribution is 2.19. The molecule has 0 unspecified atom stereocenters. The van der Waals surface area contributed by atoms with Gasteiger partial charge in [-0.2, -0.15) is 4.98 Å². The molecule has 0 aromatic carbocycles. The van der Waals surface area contributed by atoms with Crippen molar-refractivity contribution in [3.63, 3.8) is 0 Å². The molecule has 1 saturated heterocycles. The zero-order valence-electron chi connectivity index (χ0n) is 15.7. The Bertz CT molecular complexity index is 599. The molecule has 1 aliphatic heterocycles. The largest absolute Gasteiger partial charge is 0.447 e. The number of amides is 2. The van der Waals surface area contributed by atoms with E-state index in [4.69, 9.17) is 9.26 Å². The molecule has 2 heterocycles. The number of rotatable bonds is 8. The number of carbonyl (C=O) groups excluding carboxylic acids is 2. The molecule has 1 atom stereocenters. The Morgan fingerprint density at radius 2 is 2.08 bits per heavy atom. The van der Waals surface area contributed by atoms with Crippen LogP contribution in [0.4, 0.5) is 4.79 Å². The van der Waals surface area contributed by atoms with Gasteiger partial charge in [-0.1, -0.05) is 32.9 Å². The summed E-state index contributed by atoms with van der Waals surface area (Å²) in [5.41, 5.74) is 0. The van der Waals surface area contributed by atoms with Gasteiger partial charge in [0.1, 0.15) is 13.2 Å². The average molecular weight is 352 g/mol. The molecule has 1 aromatic rings. The number of aromatic nitrogens is 2. The molecule has 2 rings (SSSR count). The van der Waals surface area contributed by atoms with Gasteiger partial charge in [0.05, 0.1) is 12.6 Å². The smallest absolute Gasteiger partial charge is 0.410 e. The van der Waals surface area contributed by atoms with Gasteiger partial charge in [0, 0.05) is 13.0 Å². The maximum Gasteiger partial charge on any atom is 0.410 e. The number of cyclic esters (lactones) is 1. The maximum absolute atomic E-state index is 12.6. The summed E-state index contributed by atoms with van der Waals surface area (Å²) in [5, 5.41) is 3.94. The zero-order chi connectivity index (χ0) is 18.6. The molecule has 8 heteroatoms. The number of ether oxygens (including phenoxy) is 1. The molecule has 8 nitrogen and oxygen atoms in total. The van der Waals surface area contributed by atoms with Gasteiger partial charge >= 0.3 is 6.09 Å². The summed E-state index contributed by atoms with van der Waals surface area (Å²) in [6.07, 6.45) is 0.282. The van der Waals surface area contributed by atoms with Gasteiger partial charge < -0.3 is 14.2 Å². The normalized spacial score (nSPS) is 17.5. The van der Waals surface area contributed by atoms with Gasteiger partial charge in [0.15, 0.2) is 5.82 Å². The first kappa shape index (κ1) is 19.2. The van der Waals surface area contributed by atoms with E-state index >= 15 is 0 Å². The van der Waals surface area contributed by atoms with Crippen LogP contribution in [-0.4, -0.2) is 57.7 Å². The first-order chi connectivity index (χ1) is 11.8. The van der Waals surface area contributed by atoms with E-state index in [2.05, 4.69) is 24.0 Å². The molecule has 1 aromatic heterocycles. The van der Waals surface area contributed by atoms with Crippen LogP contribution in [0.5, 0.6) is 0 Å². The Balaban J connectivity index is 1.98. The highest BCUT2D eigenvalue weighted by molar-refractivity contribution is 5.83. The van der Waals surface area contributed by atoms with Crippen LogP contribution in [0.25, 0.3) is 0 Å². The molecule has 1 aliphatic rings. The van der Waals surface area contributed by atoms with Crippen LogP contribution in [0.15, 0.2) is 4.52 Å². The van der Waals surface area contributed by atoms with Gasteiger partial charge in [0.25, 0.3) is 0 Å². The van der Waals surface area contributed by atoms with E-state index in [1.54, 1.807) is 4.90 Å². The molecule has 0 N–H and O–H groups in total. The van der Waals surface area contributed by atoms with E-state index in [9.17, 15) is 9.59 Å². The van der Waals surface area contributed by atoms with Crippen molar-refractivity contribution in [1.82, 2.24) is 19.9 Å². The van der Waals surface area contributed by atoms with Crippen LogP contribution in [0, 0.1) is 11.8 Å². The van der Waals surface area contributed by atoms with Crippen LogP contribution in [0.1, 0.15) is 46.3 Å². The standard InChI is InChI=1S/C17H28N4O4/c1-6-20(8-14-18-15(25-19-14)7-11(2)3)16(22)9-21-13(12(4)5)10-24-17(21)23/h11-13H,6-10H2,1-5H3/t13-/m1/s1. The van der Waals surface area contributed by atoms with E-state index in [1.165, 1.54) is 4.90 Å². The van der Waals surface area contributed by atoms with E-state index in [0.717, 1.165) is 0 Å². The third-order valence-corrected chi connectivity index (χ3v) is 4.25. The van der Waals surface area contributed by atoms with Gasteiger partial charge in [-0.3, -0.25) is 9.69 Å². The second kappa shape index (κ2) is 8.31. The van der Waals surface area contributed by atoms with E-state index in [1.807, 2.05) is 20.8 Å². The predicted molar refractivity (Wildman–Crippen MR) is 90.6 cm³/mol. The Hall–Kier alpha value is -2.12. The number of nitrogens with zero attached hydrogens (tertiary/aromatic N) is 4. The summed E-state index contributed by atoms with van der Waals surface area (Å²) >= 11 is 0. The first-order valence-electron chi connectivity index (χ1n) is 8.84. The molecule has 0 radical (unpaired) electrons. The Morgan fingerprint density at radius 1 is 1.36 bits per heavy atom. The first-order valence-corrected chi connectivity index (χ1v) is 8.84. The molecule has 0 spiro atoms. The minimum atomic E-state index is -0.429. The lowest BCUT2D eigenvalue weighted by atomic mass is 10.0. The topological polar surface area (TPSA) is 88.8 Å². The molecule has 1 fully saturated rings. The molecular formula is C17H28N4O4. The van der Waals surface area contributed by atoms with Crippen molar-refractivity contribution >= 4 is 12.0 Å². The lowest BCUT2D eigenvalue weighted by Gasteiger charge is -2.27. The fourth-order valence-corrected chi connectivity index (χ4v) is 2.78. The highest BCUT2D eigenvalue weighted by atomic mass is 16.6. The fraction of sp³-hybridized carbons (Fsp3) is 0.765. The van der Waals surface area contributed by atoms with E-state index < -0.39 is 6.09 Å². The van der Waals surface area contributed by atoms with Crippen molar-refractivity contribution in [3.8, 4) is 0 Å². The maximum atomic E-state index is 12.6. The van der Waals surface area contributed by atoms with Crippen molar-refractivity contribution in [2.75, 3.05) is 19.7 Å². The third kappa shape index (κ3) is 4.93. The van der Waals surface area contributed by atoms with Gasteiger partial charge in [0.2, 0.25) is 11.8 Å². The second-order valence-corrected chi connectivity index (χ2v) is 7.13. The quantitative estimate of drug-likeness (QED) is 0.712. The third-order valence-electron chi connectivity index (χ3n) is 4.25. The molecule has 0 bridgehead atoms. The minimum absolute atomic E-state index is 0.00617. The Kier molecular flexibility index (Phi) is 6.39. The lowest BCUT2D eigenvalue weighted by Crippen LogP contribution is -2.45. The molecular weight excluding hydrogens is 324 g/mol. The number of carbonyl (C=O) groups is 2. The summed E-state index contributed by atoms with van der Waals surface area (Å²) in [7, 11) is 0. The summed E-state index contributed by atoms with van der Waals surface area (Å²) in [6, 6.07) is -0.0713. The van der Waals surface area contributed by atoms with Crippen LogP contribution in [-0.2, 0) is 22.5 Å². The highest BCUT2D eigenvalue weighted by Gasteiger charge is 2.36. The lowest BCUT2D eigenvalue weighted by molar-refractivity contribution is -0.132. The molecule has 140 valence electrons. The van der Waals surface area contributed by atoms with E-state index in [-0.39, 0.29) is 31.0 Å². The van der Waals surface area contributed by atoms with Gasteiger partial charge in [-0.25, -0.2) is 4.79 Å². The molecule has 0 saturated carbocycles.